The lowest BCUT2D eigenvalue weighted by Crippen LogP contribution is -2.32. The van der Waals surface area contributed by atoms with Gasteiger partial charge in [-0.05, 0) is 31.0 Å². The molecule has 0 bridgehead atoms. The van der Waals surface area contributed by atoms with Crippen LogP contribution in [0.5, 0.6) is 0 Å². The summed E-state index contributed by atoms with van der Waals surface area (Å²) in [6, 6.07) is 5.41. The number of amides is 2. The minimum atomic E-state index is -0.479. The van der Waals surface area contributed by atoms with Crippen LogP contribution in [0.3, 0.4) is 0 Å². The molecule has 128 valence electrons. The van der Waals surface area contributed by atoms with Gasteiger partial charge in [0.25, 0.3) is 11.8 Å². The Morgan fingerprint density at radius 3 is 2.58 bits per heavy atom. The van der Waals surface area contributed by atoms with Crippen molar-refractivity contribution in [2.24, 2.45) is 0 Å². The van der Waals surface area contributed by atoms with E-state index in [1.54, 1.807) is 10.3 Å². The van der Waals surface area contributed by atoms with Gasteiger partial charge < -0.3 is 4.90 Å². The van der Waals surface area contributed by atoms with Crippen molar-refractivity contribution in [3.8, 4) is 0 Å². The number of aromatic nitrogens is 1. The first kappa shape index (κ1) is 18.1. The predicted molar refractivity (Wildman–Crippen MR) is 93.0 cm³/mol. The number of nitrogens with one attached hydrogen (secondary N) is 1. The maximum atomic E-state index is 13.2. The van der Waals surface area contributed by atoms with Crippen molar-refractivity contribution in [2.75, 3.05) is 18.4 Å². The van der Waals surface area contributed by atoms with Gasteiger partial charge in [-0.15, -0.1) is 11.3 Å². The molecule has 0 saturated heterocycles. The molecule has 1 heterocycles. The van der Waals surface area contributed by atoms with Gasteiger partial charge in [0.1, 0.15) is 11.5 Å². The van der Waals surface area contributed by atoms with Crippen LogP contribution in [-0.4, -0.2) is 34.8 Å². The van der Waals surface area contributed by atoms with Crippen LogP contribution in [0.15, 0.2) is 29.6 Å². The first-order chi connectivity index (χ1) is 11.5. The second kappa shape index (κ2) is 8.54. The van der Waals surface area contributed by atoms with Gasteiger partial charge in [0.15, 0.2) is 5.13 Å². The molecule has 0 aliphatic carbocycles. The van der Waals surface area contributed by atoms with Crippen LogP contribution in [-0.2, 0) is 0 Å². The van der Waals surface area contributed by atoms with E-state index >= 15 is 0 Å². The van der Waals surface area contributed by atoms with Crippen molar-refractivity contribution in [1.82, 2.24) is 9.88 Å². The number of hydrogen-bond acceptors (Lipinski definition) is 4. The highest BCUT2D eigenvalue weighted by Crippen LogP contribution is 2.18. The Morgan fingerprint density at radius 1 is 1.25 bits per heavy atom. The van der Waals surface area contributed by atoms with Crippen LogP contribution in [0.25, 0.3) is 0 Å². The van der Waals surface area contributed by atoms with E-state index in [-0.39, 0.29) is 11.5 Å². The quantitative estimate of drug-likeness (QED) is 0.827. The molecule has 0 aliphatic heterocycles. The van der Waals surface area contributed by atoms with Crippen molar-refractivity contribution >= 4 is 28.3 Å². The monoisotopic (exact) mass is 349 g/mol. The minimum Gasteiger partial charge on any atom is -0.337 e. The van der Waals surface area contributed by atoms with Crippen LogP contribution >= 0.6 is 11.3 Å². The van der Waals surface area contributed by atoms with Crippen LogP contribution in [0, 0.1) is 5.82 Å². The normalized spacial score (nSPS) is 10.5. The molecular weight excluding hydrogens is 329 g/mol. The number of rotatable bonds is 7. The number of nitrogens with zero attached hydrogens (tertiary/aromatic N) is 2. The molecule has 0 fully saturated rings. The lowest BCUT2D eigenvalue weighted by molar-refractivity contribution is 0.0750. The third-order valence-electron chi connectivity index (χ3n) is 3.30. The number of thiazole rings is 1. The molecule has 0 spiro atoms. The fraction of sp³-hybridized carbons (Fsp3) is 0.353. The first-order valence-electron chi connectivity index (χ1n) is 7.86. The SMILES string of the molecule is CCCN(CCC)C(=O)c1csc(NC(=O)c2cccc(F)c2)n1. The Bertz CT molecular complexity index is 711. The summed E-state index contributed by atoms with van der Waals surface area (Å²) >= 11 is 1.17. The molecule has 1 aromatic carbocycles. The molecule has 1 N–H and O–H groups in total. The number of benzene rings is 1. The van der Waals surface area contributed by atoms with E-state index in [4.69, 9.17) is 0 Å². The highest BCUT2D eigenvalue weighted by molar-refractivity contribution is 7.14. The number of hydrogen-bond donors (Lipinski definition) is 1. The lowest BCUT2D eigenvalue weighted by Gasteiger charge is -2.20. The van der Waals surface area contributed by atoms with Gasteiger partial charge >= 0.3 is 0 Å². The molecular formula is C17H20FN3O2S. The van der Waals surface area contributed by atoms with E-state index in [0.29, 0.717) is 23.9 Å². The fourth-order valence-electron chi connectivity index (χ4n) is 2.25. The Balaban J connectivity index is 2.07. The van der Waals surface area contributed by atoms with Crippen molar-refractivity contribution in [3.05, 3.63) is 46.7 Å². The maximum Gasteiger partial charge on any atom is 0.273 e. The van der Waals surface area contributed by atoms with E-state index in [1.165, 1.54) is 29.5 Å². The van der Waals surface area contributed by atoms with Gasteiger partial charge in [-0.1, -0.05) is 19.9 Å². The molecule has 24 heavy (non-hydrogen) atoms. The Kier molecular flexibility index (Phi) is 6.43. The topological polar surface area (TPSA) is 62.3 Å². The third-order valence-corrected chi connectivity index (χ3v) is 4.06. The van der Waals surface area contributed by atoms with Gasteiger partial charge in [-0.25, -0.2) is 9.37 Å². The zero-order valence-corrected chi connectivity index (χ0v) is 14.5. The molecule has 2 amide bonds. The minimum absolute atomic E-state index is 0.138. The van der Waals surface area contributed by atoms with Crippen molar-refractivity contribution in [1.29, 1.82) is 0 Å². The van der Waals surface area contributed by atoms with Crippen molar-refractivity contribution in [2.45, 2.75) is 26.7 Å². The molecule has 0 saturated carbocycles. The molecule has 2 aromatic rings. The number of carbonyl (C=O) groups is 2. The highest BCUT2D eigenvalue weighted by atomic mass is 32.1. The summed E-state index contributed by atoms with van der Waals surface area (Å²) in [7, 11) is 0. The summed E-state index contributed by atoms with van der Waals surface area (Å²) in [4.78, 5) is 30.5. The molecule has 1 aromatic heterocycles. The lowest BCUT2D eigenvalue weighted by atomic mass is 10.2. The summed E-state index contributed by atoms with van der Waals surface area (Å²) < 4.78 is 13.2. The molecule has 0 radical (unpaired) electrons. The van der Waals surface area contributed by atoms with Gasteiger partial charge in [-0.3, -0.25) is 14.9 Å². The third kappa shape index (κ3) is 4.61. The largest absolute Gasteiger partial charge is 0.337 e. The van der Waals surface area contributed by atoms with Gasteiger partial charge in [0.2, 0.25) is 0 Å². The number of halogens is 1. The standard InChI is InChI=1S/C17H20FN3O2S/c1-3-8-21(9-4-2)16(23)14-11-24-17(19-14)20-15(22)12-6-5-7-13(18)10-12/h5-7,10-11H,3-4,8-9H2,1-2H3,(H,19,20,22). The van der Waals surface area contributed by atoms with Crippen molar-refractivity contribution in [3.63, 3.8) is 0 Å². The average molecular weight is 349 g/mol. The van der Waals surface area contributed by atoms with E-state index in [0.717, 1.165) is 18.9 Å². The van der Waals surface area contributed by atoms with Crippen LogP contribution in [0.4, 0.5) is 9.52 Å². The molecule has 0 atom stereocenters. The zero-order valence-electron chi connectivity index (χ0n) is 13.7. The number of carbonyl (C=O) groups excluding carboxylic acids is 2. The van der Waals surface area contributed by atoms with Crippen LogP contribution < -0.4 is 5.32 Å². The highest BCUT2D eigenvalue weighted by Gasteiger charge is 2.18. The zero-order chi connectivity index (χ0) is 17.5. The van der Waals surface area contributed by atoms with Crippen molar-refractivity contribution < 1.29 is 14.0 Å². The van der Waals surface area contributed by atoms with E-state index < -0.39 is 11.7 Å². The molecule has 0 aliphatic rings. The van der Waals surface area contributed by atoms with Crippen LogP contribution in [0.1, 0.15) is 47.5 Å². The first-order valence-corrected chi connectivity index (χ1v) is 8.74. The summed E-state index contributed by atoms with van der Waals surface area (Å²) in [6.07, 6.45) is 1.75. The summed E-state index contributed by atoms with van der Waals surface area (Å²) in [6.45, 7) is 5.38. The summed E-state index contributed by atoms with van der Waals surface area (Å²) in [5.41, 5.74) is 0.521. The second-order valence-corrected chi connectivity index (χ2v) is 6.15. The fourth-order valence-corrected chi connectivity index (χ4v) is 2.92. The van der Waals surface area contributed by atoms with Crippen LogP contribution in [0.2, 0.25) is 0 Å². The van der Waals surface area contributed by atoms with E-state index in [1.807, 2.05) is 13.8 Å². The Labute approximate surface area is 144 Å². The summed E-state index contributed by atoms with van der Waals surface area (Å²) in [5, 5.41) is 4.54. The second-order valence-electron chi connectivity index (χ2n) is 5.29. The smallest absolute Gasteiger partial charge is 0.273 e. The van der Waals surface area contributed by atoms with Gasteiger partial charge in [0.05, 0.1) is 0 Å². The Morgan fingerprint density at radius 2 is 1.96 bits per heavy atom. The molecule has 7 heteroatoms. The van der Waals surface area contributed by atoms with Gasteiger partial charge in [0, 0.05) is 24.0 Å². The molecule has 5 nitrogen and oxygen atoms in total. The summed E-state index contributed by atoms with van der Waals surface area (Å²) in [5.74, 6) is -1.07. The molecule has 0 unspecified atom stereocenters. The average Bonchev–Trinajstić information content (AvgIpc) is 3.02. The van der Waals surface area contributed by atoms with Gasteiger partial charge in [-0.2, -0.15) is 0 Å². The maximum absolute atomic E-state index is 13.2. The van der Waals surface area contributed by atoms with E-state index in [9.17, 15) is 14.0 Å². The molecule has 2 rings (SSSR count). The predicted octanol–water partition coefficient (Wildman–Crippen LogP) is 3.80. The van der Waals surface area contributed by atoms with E-state index in [2.05, 4.69) is 10.3 Å². The number of anilines is 1. The Hall–Kier alpha value is -2.28.